The molecule has 1 unspecified atom stereocenters. The van der Waals surface area contributed by atoms with Crippen LogP contribution in [0.2, 0.25) is 0 Å². The number of para-hydroxylation sites is 2. The fourth-order valence-electron chi connectivity index (χ4n) is 4.67. The number of methoxy groups -OCH3 is 1. The standard InChI is InChI=1S/C29H29NO6/c1-6-14-35-29(33)25-18(4)30-17(3)24(27(32)20-10-7-8-13-23(20)34-5)26(25)21-12-9-11-19-22(31)15-16(2)36-28(19)21/h7-13,15,26,30H,6,14H2,1-5H3. The number of ether oxygens (including phenoxy) is 2. The molecule has 1 atom stereocenters. The van der Waals surface area contributed by atoms with Crippen LogP contribution in [-0.2, 0) is 9.53 Å². The lowest BCUT2D eigenvalue weighted by Gasteiger charge is -2.31. The van der Waals surface area contributed by atoms with E-state index < -0.39 is 11.9 Å². The summed E-state index contributed by atoms with van der Waals surface area (Å²) in [6, 6.07) is 13.6. The first-order chi connectivity index (χ1) is 17.3. The third-order valence-electron chi connectivity index (χ3n) is 6.23. The van der Waals surface area contributed by atoms with Crippen molar-refractivity contribution in [2.24, 2.45) is 0 Å². The van der Waals surface area contributed by atoms with E-state index in [2.05, 4.69) is 5.32 Å². The number of fused-ring (bicyclic) bond motifs is 1. The number of aryl methyl sites for hydroxylation is 1. The van der Waals surface area contributed by atoms with Crippen molar-refractivity contribution < 1.29 is 23.5 Å². The molecule has 0 amide bonds. The summed E-state index contributed by atoms with van der Waals surface area (Å²) >= 11 is 0. The summed E-state index contributed by atoms with van der Waals surface area (Å²) in [5.74, 6) is -0.813. The summed E-state index contributed by atoms with van der Waals surface area (Å²) in [5, 5.41) is 3.57. The second kappa shape index (κ2) is 10.2. The smallest absolute Gasteiger partial charge is 0.336 e. The molecule has 0 spiro atoms. The number of carbonyl (C=O) groups excluding carboxylic acids is 2. The van der Waals surface area contributed by atoms with Crippen LogP contribution in [0.15, 0.2) is 80.3 Å². The molecule has 2 heterocycles. The van der Waals surface area contributed by atoms with Gasteiger partial charge in [-0.3, -0.25) is 9.59 Å². The Morgan fingerprint density at radius 3 is 2.44 bits per heavy atom. The molecular formula is C29H29NO6. The van der Waals surface area contributed by atoms with E-state index in [1.807, 2.05) is 6.92 Å². The molecule has 7 nitrogen and oxygen atoms in total. The number of dihydropyridines is 1. The van der Waals surface area contributed by atoms with E-state index in [0.29, 0.717) is 62.6 Å². The molecule has 0 aliphatic carbocycles. The number of hydrogen-bond acceptors (Lipinski definition) is 7. The highest BCUT2D eigenvalue weighted by molar-refractivity contribution is 6.14. The van der Waals surface area contributed by atoms with Gasteiger partial charge < -0.3 is 19.2 Å². The van der Waals surface area contributed by atoms with Crippen molar-refractivity contribution in [3.05, 3.63) is 98.2 Å². The molecule has 0 saturated heterocycles. The predicted octanol–water partition coefficient (Wildman–Crippen LogP) is 5.18. The van der Waals surface area contributed by atoms with Gasteiger partial charge >= 0.3 is 5.97 Å². The van der Waals surface area contributed by atoms with Crippen LogP contribution >= 0.6 is 0 Å². The number of rotatable bonds is 7. The second-order valence-electron chi connectivity index (χ2n) is 8.75. The first-order valence-corrected chi connectivity index (χ1v) is 11.8. The van der Waals surface area contributed by atoms with Crippen LogP contribution in [0, 0.1) is 6.92 Å². The summed E-state index contributed by atoms with van der Waals surface area (Å²) in [6.07, 6.45) is 0.653. The maximum absolute atomic E-state index is 14.1. The first-order valence-electron chi connectivity index (χ1n) is 11.8. The summed E-state index contributed by atoms with van der Waals surface area (Å²) in [4.78, 5) is 40.2. The quantitative estimate of drug-likeness (QED) is 0.362. The third-order valence-corrected chi connectivity index (χ3v) is 6.23. The van der Waals surface area contributed by atoms with Crippen molar-refractivity contribution in [1.82, 2.24) is 5.32 Å². The lowest BCUT2D eigenvalue weighted by atomic mass is 9.77. The zero-order valence-electron chi connectivity index (χ0n) is 21.1. The van der Waals surface area contributed by atoms with Gasteiger partial charge in [-0.1, -0.05) is 31.2 Å². The van der Waals surface area contributed by atoms with Gasteiger partial charge in [0, 0.05) is 28.6 Å². The van der Waals surface area contributed by atoms with Gasteiger partial charge in [-0.15, -0.1) is 0 Å². The van der Waals surface area contributed by atoms with Gasteiger partial charge in [0.25, 0.3) is 0 Å². The predicted molar refractivity (Wildman–Crippen MR) is 137 cm³/mol. The van der Waals surface area contributed by atoms with Crippen LogP contribution in [0.4, 0.5) is 0 Å². The van der Waals surface area contributed by atoms with Crippen LogP contribution in [0.1, 0.15) is 54.8 Å². The van der Waals surface area contributed by atoms with E-state index in [-0.39, 0.29) is 17.8 Å². The Bertz CT molecular complexity index is 1480. The largest absolute Gasteiger partial charge is 0.496 e. The summed E-state index contributed by atoms with van der Waals surface area (Å²) < 4.78 is 17.0. The van der Waals surface area contributed by atoms with Gasteiger partial charge in [-0.05, 0) is 45.4 Å². The van der Waals surface area contributed by atoms with Crippen LogP contribution in [0.5, 0.6) is 5.75 Å². The lowest BCUT2D eigenvalue weighted by Crippen LogP contribution is -2.32. The molecular weight excluding hydrogens is 458 g/mol. The molecule has 36 heavy (non-hydrogen) atoms. The highest BCUT2D eigenvalue weighted by Gasteiger charge is 2.39. The average Bonchev–Trinajstić information content (AvgIpc) is 2.86. The molecule has 7 heteroatoms. The van der Waals surface area contributed by atoms with Crippen molar-refractivity contribution in [2.45, 2.75) is 40.0 Å². The van der Waals surface area contributed by atoms with Crippen LogP contribution in [-0.4, -0.2) is 25.5 Å². The summed E-state index contributed by atoms with van der Waals surface area (Å²) in [6.45, 7) is 7.41. The molecule has 0 saturated carbocycles. The molecule has 1 N–H and O–H groups in total. The average molecular weight is 488 g/mol. The van der Waals surface area contributed by atoms with Gasteiger partial charge in [0.2, 0.25) is 0 Å². The summed E-state index contributed by atoms with van der Waals surface area (Å²) in [7, 11) is 1.50. The van der Waals surface area contributed by atoms with E-state index in [4.69, 9.17) is 13.9 Å². The van der Waals surface area contributed by atoms with E-state index in [1.54, 1.807) is 63.2 Å². The molecule has 1 aromatic heterocycles. The van der Waals surface area contributed by atoms with Gasteiger partial charge in [0.15, 0.2) is 11.2 Å². The Kier molecular flexibility index (Phi) is 7.10. The number of nitrogens with one attached hydrogen (secondary N) is 1. The Morgan fingerprint density at radius 2 is 1.72 bits per heavy atom. The van der Waals surface area contributed by atoms with Gasteiger partial charge in [0.05, 0.1) is 36.2 Å². The Balaban J connectivity index is 2.02. The minimum Gasteiger partial charge on any atom is -0.496 e. The number of allylic oxidation sites excluding steroid dienone is 3. The highest BCUT2D eigenvalue weighted by atomic mass is 16.5. The van der Waals surface area contributed by atoms with Crippen LogP contribution < -0.4 is 15.5 Å². The number of ketones is 1. The molecule has 0 bridgehead atoms. The van der Waals surface area contributed by atoms with E-state index in [0.717, 1.165) is 0 Å². The van der Waals surface area contributed by atoms with Gasteiger partial charge in [-0.2, -0.15) is 0 Å². The Hall–Kier alpha value is -4.13. The molecule has 1 aliphatic heterocycles. The number of esters is 1. The molecule has 0 radical (unpaired) electrons. The van der Waals surface area contributed by atoms with Crippen molar-refractivity contribution in [1.29, 1.82) is 0 Å². The number of Topliss-reactive ketones (excluding diaryl/α,β-unsaturated/α-hetero) is 1. The monoisotopic (exact) mass is 487 g/mol. The van der Waals surface area contributed by atoms with Gasteiger partial charge in [0.1, 0.15) is 17.1 Å². The van der Waals surface area contributed by atoms with E-state index in [9.17, 15) is 14.4 Å². The molecule has 4 rings (SSSR count). The fourth-order valence-corrected chi connectivity index (χ4v) is 4.67. The molecule has 2 aromatic carbocycles. The number of carbonyl (C=O) groups is 2. The van der Waals surface area contributed by atoms with Gasteiger partial charge in [-0.25, -0.2) is 4.79 Å². The highest BCUT2D eigenvalue weighted by Crippen LogP contribution is 2.43. The number of hydrogen-bond donors (Lipinski definition) is 1. The van der Waals surface area contributed by atoms with Crippen LogP contribution in [0.3, 0.4) is 0 Å². The van der Waals surface area contributed by atoms with Crippen molar-refractivity contribution >= 4 is 22.7 Å². The maximum Gasteiger partial charge on any atom is 0.336 e. The summed E-state index contributed by atoms with van der Waals surface area (Å²) in [5.41, 5.74) is 2.85. The first kappa shape index (κ1) is 25.0. The van der Waals surface area contributed by atoms with Crippen molar-refractivity contribution in [2.75, 3.05) is 13.7 Å². The van der Waals surface area contributed by atoms with Crippen LogP contribution in [0.25, 0.3) is 11.0 Å². The molecule has 1 aliphatic rings. The van der Waals surface area contributed by atoms with E-state index in [1.165, 1.54) is 13.2 Å². The minimum atomic E-state index is -0.832. The fraction of sp³-hybridized carbons (Fsp3) is 0.276. The maximum atomic E-state index is 14.1. The molecule has 0 fully saturated rings. The Morgan fingerprint density at radius 1 is 1.00 bits per heavy atom. The normalized spacial score (nSPS) is 15.6. The zero-order valence-corrected chi connectivity index (χ0v) is 21.1. The minimum absolute atomic E-state index is 0.196. The third kappa shape index (κ3) is 4.44. The number of benzene rings is 2. The lowest BCUT2D eigenvalue weighted by molar-refractivity contribution is -0.139. The zero-order chi connectivity index (χ0) is 26.0. The van der Waals surface area contributed by atoms with Crippen molar-refractivity contribution in [3.63, 3.8) is 0 Å². The molecule has 186 valence electrons. The SMILES string of the molecule is CCCOC(=O)C1=C(C)NC(C)=C(C(=O)c2ccccc2OC)C1c1cccc2c(=O)cc(C)oc12. The van der Waals surface area contributed by atoms with E-state index >= 15 is 0 Å². The Labute approximate surface area is 209 Å². The van der Waals surface area contributed by atoms with Crippen molar-refractivity contribution in [3.8, 4) is 5.75 Å². The second-order valence-corrected chi connectivity index (χ2v) is 8.75. The molecule has 3 aromatic rings. The topological polar surface area (TPSA) is 94.8 Å².